The monoisotopic (exact) mass is 344 g/mol. The minimum Gasteiger partial charge on any atom is -0.382 e. The predicted molar refractivity (Wildman–Crippen MR) is 90.5 cm³/mol. The van der Waals surface area contributed by atoms with Gasteiger partial charge in [-0.15, -0.1) is 11.3 Å². The smallest absolute Gasteiger partial charge is 0.265 e. The van der Waals surface area contributed by atoms with E-state index in [2.05, 4.69) is 15.6 Å². The first-order chi connectivity index (χ1) is 9.86. The summed E-state index contributed by atoms with van der Waals surface area (Å²) >= 11 is 8.61. The van der Waals surface area contributed by atoms with E-state index in [9.17, 15) is 4.79 Å². The Hall–Kier alpha value is -1.31. The van der Waals surface area contributed by atoms with E-state index in [0.717, 1.165) is 4.88 Å². The molecule has 0 saturated heterocycles. The Bertz CT molecular complexity index is 638. The van der Waals surface area contributed by atoms with Crippen molar-refractivity contribution < 1.29 is 4.79 Å². The number of thiazole rings is 1. The highest BCUT2D eigenvalue weighted by Crippen LogP contribution is 2.29. The highest BCUT2D eigenvalue weighted by Gasteiger charge is 2.19. The van der Waals surface area contributed by atoms with Crippen LogP contribution in [0.4, 0.5) is 10.9 Å². The molecule has 1 atom stereocenters. The lowest BCUT2D eigenvalue weighted by atomic mass is 10.2. The van der Waals surface area contributed by atoms with Crippen LogP contribution in [0, 0.1) is 0 Å². The number of aromatic nitrogens is 1. The van der Waals surface area contributed by atoms with Crippen molar-refractivity contribution in [2.75, 3.05) is 11.1 Å². The number of halogens is 1. The molecule has 0 fully saturated rings. The first kappa shape index (κ1) is 16.1. The fourth-order valence-electron chi connectivity index (χ4n) is 1.70. The van der Waals surface area contributed by atoms with Gasteiger partial charge in [0.25, 0.3) is 5.91 Å². The number of anilines is 2. The van der Waals surface area contributed by atoms with E-state index in [1.54, 1.807) is 0 Å². The molecule has 0 spiro atoms. The number of nitrogens with two attached hydrogens (primary N) is 1. The molecule has 2 heterocycles. The van der Waals surface area contributed by atoms with Crippen LogP contribution in [0.25, 0.3) is 0 Å². The molecule has 1 unspecified atom stereocenters. The van der Waals surface area contributed by atoms with Crippen LogP contribution in [0.1, 0.15) is 41.4 Å². The van der Waals surface area contributed by atoms with E-state index in [1.807, 2.05) is 32.9 Å². The van der Waals surface area contributed by atoms with Gasteiger partial charge < -0.3 is 16.4 Å². The van der Waals surface area contributed by atoms with Crippen molar-refractivity contribution >= 4 is 51.1 Å². The number of carbonyl (C=O) groups is 1. The molecule has 2 aromatic rings. The molecule has 2 rings (SSSR count). The topological polar surface area (TPSA) is 80.0 Å². The SMILES string of the molecule is CC(C)Nc1nc(N)c(C(=O)NC(C)c2ccc(Cl)s2)s1. The van der Waals surface area contributed by atoms with Crippen molar-refractivity contribution in [2.45, 2.75) is 32.9 Å². The average molecular weight is 345 g/mol. The Morgan fingerprint density at radius 3 is 2.62 bits per heavy atom. The zero-order valence-electron chi connectivity index (χ0n) is 11.9. The Morgan fingerprint density at radius 2 is 2.05 bits per heavy atom. The van der Waals surface area contributed by atoms with Gasteiger partial charge in [-0.2, -0.15) is 0 Å². The molecular formula is C13H17ClN4OS2. The maximum atomic E-state index is 12.3. The molecule has 0 radical (unpaired) electrons. The fourth-order valence-corrected chi connectivity index (χ4v) is 3.69. The number of nitrogens with one attached hydrogen (secondary N) is 2. The summed E-state index contributed by atoms with van der Waals surface area (Å²) in [4.78, 5) is 17.9. The van der Waals surface area contributed by atoms with E-state index in [0.29, 0.717) is 14.3 Å². The number of hydrogen-bond acceptors (Lipinski definition) is 6. The molecule has 0 aliphatic carbocycles. The summed E-state index contributed by atoms with van der Waals surface area (Å²) in [6.07, 6.45) is 0. The highest BCUT2D eigenvalue weighted by molar-refractivity contribution is 7.18. The third kappa shape index (κ3) is 4.09. The zero-order valence-corrected chi connectivity index (χ0v) is 14.3. The zero-order chi connectivity index (χ0) is 15.6. The molecule has 1 amide bonds. The second kappa shape index (κ2) is 6.64. The van der Waals surface area contributed by atoms with Crippen molar-refractivity contribution in [3.05, 3.63) is 26.2 Å². The third-order valence-electron chi connectivity index (χ3n) is 2.64. The summed E-state index contributed by atoms with van der Waals surface area (Å²) in [6, 6.07) is 3.83. The molecule has 0 bridgehead atoms. The van der Waals surface area contributed by atoms with Gasteiger partial charge in [-0.25, -0.2) is 4.98 Å². The van der Waals surface area contributed by atoms with Crippen molar-refractivity contribution in [3.8, 4) is 0 Å². The molecule has 4 N–H and O–H groups in total. The normalized spacial score (nSPS) is 12.4. The minimum atomic E-state index is -0.223. The Morgan fingerprint density at radius 1 is 1.33 bits per heavy atom. The minimum absolute atomic E-state index is 0.127. The van der Waals surface area contributed by atoms with Gasteiger partial charge in [0.15, 0.2) is 5.13 Å². The summed E-state index contributed by atoms with van der Waals surface area (Å²) in [5.74, 6) is 0.0240. The van der Waals surface area contributed by atoms with Crippen LogP contribution in [0.5, 0.6) is 0 Å². The number of nitrogens with zero attached hydrogens (tertiary/aromatic N) is 1. The number of amides is 1. The fraction of sp³-hybridized carbons (Fsp3) is 0.385. The second-order valence-corrected chi connectivity index (χ2v) is 7.62. The molecular weight excluding hydrogens is 328 g/mol. The van der Waals surface area contributed by atoms with Crippen LogP contribution in [-0.4, -0.2) is 16.9 Å². The number of carbonyl (C=O) groups excluding carboxylic acids is 1. The number of hydrogen-bond donors (Lipinski definition) is 3. The van der Waals surface area contributed by atoms with E-state index < -0.39 is 0 Å². The van der Waals surface area contributed by atoms with Gasteiger partial charge >= 0.3 is 0 Å². The molecule has 21 heavy (non-hydrogen) atoms. The van der Waals surface area contributed by atoms with Crippen molar-refractivity contribution in [1.82, 2.24) is 10.3 Å². The lowest BCUT2D eigenvalue weighted by Gasteiger charge is -2.11. The van der Waals surface area contributed by atoms with Crippen LogP contribution >= 0.6 is 34.3 Å². The molecule has 0 saturated carbocycles. The third-order valence-corrected chi connectivity index (χ3v) is 5.06. The summed E-state index contributed by atoms with van der Waals surface area (Å²) in [5.41, 5.74) is 5.82. The van der Waals surface area contributed by atoms with Gasteiger partial charge in [0.1, 0.15) is 10.7 Å². The van der Waals surface area contributed by atoms with Crippen LogP contribution in [0.2, 0.25) is 4.34 Å². The van der Waals surface area contributed by atoms with E-state index in [-0.39, 0.29) is 23.8 Å². The lowest BCUT2D eigenvalue weighted by Crippen LogP contribution is -2.26. The molecule has 8 heteroatoms. The molecule has 114 valence electrons. The van der Waals surface area contributed by atoms with Gasteiger partial charge in [-0.05, 0) is 32.9 Å². The summed E-state index contributed by atoms with van der Waals surface area (Å²) in [6.45, 7) is 5.91. The van der Waals surface area contributed by atoms with Gasteiger partial charge in [-0.1, -0.05) is 22.9 Å². The Balaban J connectivity index is 2.08. The largest absolute Gasteiger partial charge is 0.382 e. The van der Waals surface area contributed by atoms with Gasteiger partial charge in [-0.3, -0.25) is 4.79 Å². The first-order valence-corrected chi connectivity index (χ1v) is 8.47. The molecule has 0 aliphatic rings. The van der Waals surface area contributed by atoms with Crippen LogP contribution in [0.15, 0.2) is 12.1 Å². The summed E-state index contributed by atoms with van der Waals surface area (Å²) in [7, 11) is 0. The first-order valence-electron chi connectivity index (χ1n) is 6.45. The maximum absolute atomic E-state index is 12.3. The predicted octanol–water partition coefficient (Wildman–Crippen LogP) is 3.75. The van der Waals surface area contributed by atoms with Crippen LogP contribution in [-0.2, 0) is 0 Å². The van der Waals surface area contributed by atoms with E-state index in [4.69, 9.17) is 17.3 Å². The molecule has 2 aromatic heterocycles. The maximum Gasteiger partial charge on any atom is 0.265 e. The van der Waals surface area contributed by atoms with Crippen LogP contribution < -0.4 is 16.4 Å². The van der Waals surface area contributed by atoms with E-state index >= 15 is 0 Å². The van der Waals surface area contributed by atoms with Gasteiger partial charge in [0, 0.05) is 10.9 Å². The Labute approximate surface area is 136 Å². The molecule has 0 aromatic carbocycles. The lowest BCUT2D eigenvalue weighted by molar-refractivity contribution is 0.0945. The quantitative estimate of drug-likeness (QED) is 0.771. The number of thiophene rings is 1. The number of nitrogen functional groups attached to an aromatic ring is 1. The molecule has 5 nitrogen and oxygen atoms in total. The standard InChI is InChI=1S/C13H17ClN4OS2/c1-6(2)16-13-18-11(15)10(21-13)12(19)17-7(3)8-4-5-9(14)20-8/h4-7H,15H2,1-3H3,(H,16,18)(H,17,19). The summed E-state index contributed by atoms with van der Waals surface area (Å²) in [5, 5.41) is 6.70. The van der Waals surface area contributed by atoms with Crippen LogP contribution in [0.3, 0.4) is 0 Å². The average Bonchev–Trinajstić information content (AvgIpc) is 2.95. The van der Waals surface area contributed by atoms with Crippen molar-refractivity contribution in [3.63, 3.8) is 0 Å². The van der Waals surface area contributed by atoms with Gasteiger partial charge in [0.05, 0.1) is 10.4 Å². The van der Waals surface area contributed by atoms with Crippen molar-refractivity contribution in [2.24, 2.45) is 0 Å². The Kier molecular flexibility index (Phi) is 5.08. The van der Waals surface area contributed by atoms with E-state index in [1.165, 1.54) is 22.7 Å². The van der Waals surface area contributed by atoms with Crippen molar-refractivity contribution in [1.29, 1.82) is 0 Å². The second-order valence-electron chi connectivity index (χ2n) is 4.87. The highest BCUT2D eigenvalue weighted by atomic mass is 35.5. The summed E-state index contributed by atoms with van der Waals surface area (Å²) < 4.78 is 0.701. The number of rotatable bonds is 5. The molecule has 0 aliphatic heterocycles. The van der Waals surface area contributed by atoms with Gasteiger partial charge in [0.2, 0.25) is 0 Å².